The highest BCUT2D eigenvalue weighted by Crippen LogP contribution is 2.45. The topological polar surface area (TPSA) is 109 Å². The summed E-state index contributed by atoms with van der Waals surface area (Å²) in [7, 11) is 4.60. The number of nitrogens with zero attached hydrogens (tertiary/aromatic N) is 2. The van der Waals surface area contributed by atoms with Crippen LogP contribution in [-0.4, -0.2) is 53.8 Å². The molecule has 0 amide bonds. The van der Waals surface area contributed by atoms with Crippen LogP contribution in [0.2, 0.25) is 0 Å². The molecular formula is C27H22N2O6. The van der Waals surface area contributed by atoms with Gasteiger partial charge in [-0.2, -0.15) is 5.10 Å². The Morgan fingerprint density at radius 3 is 2.14 bits per heavy atom. The second-order valence-electron chi connectivity index (χ2n) is 8.23. The number of hydrogen-bond donors (Lipinski definition) is 2. The first-order valence-electron chi connectivity index (χ1n) is 10.8. The molecule has 1 unspecified atom stereocenters. The quantitative estimate of drug-likeness (QED) is 0.560. The molecule has 2 N–H and O–H groups in total. The van der Waals surface area contributed by atoms with Crippen LogP contribution in [0.15, 0.2) is 71.3 Å². The van der Waals surface area contributed by atoms with E-state index in [9.17, 15) is 19.8 Å². The molecule has 2 aliphatic rings. The average Bonchev–Trinajstić information content (AvgIpc) is 2.87. The van der Waals surface area contributed by atoms with Gasteiger partial charge >= 0.3 is 0 Å². The zero-order chi connectivity index (χ0) is 24.9. The largest absolute Gasteiger partial charge is 0.504 e. The molecule has 0 fully saturated rings. The van der Waals surface area contributed by atoms with E-state index < -0.39 is 17.5 Å². The molecule has 0 saturated heterocycles. The van der Waals surface area contributed by atoms with Crippen LogP contribution >= 0.6 is 0 Å². The minimum Gasteiger partial charge on any atom is -0.504 e. The van der Waals surface area contributed by atoms with Crippen LogP contribution in [0, 0.1) is 0 Å². The van der Waals surface area contributed by atoms with Gasteiger partial charge in [0, 0.05) is 29.3 Å². The molecule has 0 saturated carbocycles. The summed E-state index contributed by atoms with van der Waals surface area (Å²) in [6.45, 7) is 0. The Morgan fingerprint density at radius 1 is 0.829 bits per heavy atom. The highest BCUT2D eigenvalue weighted by molar-refractivity contribution is 6.53. The Labute approximate surface area is 201 Å². The Balaban J connectivity index is 1.81. The van der Waals surface area contributed by atoms with Crippen molar-refractivity contribution >= 4 is 23.0 Å². The average molecular weight is 470 g/mol. The summed E-state index contributed by atoms with van der Waals surface area (Å²) in [6.07, 6.45) is 0. The number of hydrogen-bond acceptors (Lipinski definition) is 8. The number of fused-ring (bicyclic) bond motifs is 2. The maximum Gasteiger partial charge on any atom is 0.233 e. The molecule has 0 radical (unpaired) electrons. The van der Waals surface area contributed by atoms with Gasteiger partial charge in [0.1, 0.15) is 0 Å². The number of phenols is 2. The van der Waals surface area contributed by atoms with Gasteiger partial charge in [-0.15, -0.1) is 0 Å². The van der Waals surface area contributed by atoms with Gasteiger partial charge < -0.3 is 19.7 Å². The predicted octanol–water partition coefficient (Wildman–Crippen LogP) is 3.73. The third kappa shape index (κ3) is 3.42. The van der Waals surface area contributed by atoms with Crippen molar-refractivity contribution in [3.8, 4) is 23.0 Å². The molecule has 0 spiro atoms. The monoisotopic (exact) mass is 470 g/mol. The lowest BCUT2D eigenvalue weighted by atomic mass is 9.74. The van der Waals surface area contributed by atoms with Crippen LogP contribution in [-0.2, 0) is 4.79 Å². The predicted molar refractivity (Wildman–Crippen MR) is 129 cm³/mol. The maximum absolute atomic E-state index is 13.6. The summed E-state index contributed by atoms with van der Waals surface area (Å²) in [4.78, 5) is 26.8. The molecule has 8 heteroatoms. The molecule has 1 aliphatic carbocycles. The standard InChI is InChI=1S/C27H22N2O6/c1-29-25-16-6-4-5-7-17(16)26(32)27(33)23(25)22(14-8-10-18(30)20(12-14)34-2)24(28-29)15-9-11-19(31)21(13-15)35-3/h4-13,22,30-31H,1-3H3. The number of hydrazone groups is 1. The van der Waals surface area contributed by atoms with Gasteiger partial charge in [0.05, 0.1) is 31.5 Å². The zero-order valence-electron chi connectivity index (χ0n) is 19.3. The van der Waals surface area contributed by atoms with Crippen LogP contribution in [0.25, 0.3) is 5.70 Å². The van der Waals surface area contributed by atoms with Gasteiger partial charge in [-0.3, -0.25) is 14.6 Å². The number of allylic oxidation sites excluding steroid dienone is 1. The normalized spacial score (nSPS) is 17.1. The Kier molecular flexibility index (Phi) is 5.28. The van der Waals surface area contributed by atoms with Crippen molar-refractivity contribution in [2.75, 3.05) is 21.3 Å². The number of rotatable bonds is 4. The molecule has 3 aromatic rings. The first kappa shape index (κ1) is 22.2. The van der Waals surface area contributed by atoms with E-state index in [1.807, 2.05) is 6.07 Å². The Morgan fingerprint density at radius 2 is 1.46 bits per heavy atom. The van der Waals surface area contributed by atoms with Gasteiger partial charge in [0.25, 0.3) is 0 Å². The number of aromatic hydroxyl groups is 2. The molecule has 1 atom stereocenters. The van der Waals surface area contributed by atoms with Gasteiger partial charge in [0.2, 0.25) is 11.6 Å². The smallest absolute Gasteiger partial charge is 0.233 e. The van der Waals surface area contributed by atoms with E-state index in [-0.39, 0.29) is 28.6 Å². The van der Waals surface area contributed by atoms with E-state index in [1.54, 1.807) is 54.5 Å². The third-order valence-electron chi connectivity index (χ3n) is 6.29. The first-order valence-corrected chi connectivity index (χ1v) is 10.8. The molecule has 35 heavy (non-hydrogen) atoms. The van der Waals surface area contributed by atoms with Gasteiger partial charge in [-0.05, 0) is 35.9 Å². The van der Waals surface area contributed by atoms with E-state index in [0.29, 0.717) is 33.7 Å². The second kappa shape index (κ2) is 8.32. The van der Waals surface area contributed by atoms with E-state index in [4.69, 9.17) is 14.6 Å². The van der Waals surface area contributed by atoms with E-state index in [1.165, 1.54) is 26.4 Å². The molecule has 176 valence electrons. The summed E-state index contributed by atoms with van der Waals surface area (Å²) in [5.74, 6) is -1.60. The number of benzene rings is 3. The lowest BCUT2D eigenvalue weighted by molar-refractivity contribution is -0.112. The zero-order valence-corrected chi connectivity index (χ0v) is 19.3. The van der Waals surface area contributed by atoms with Gasteiger partial charge in [-0.25, -0.2) is 0 Å². The lowest BCUT2D eigenvalue weighted by Gasteiger charge is -2.36. The number of ether oxygens (including phenoxy) is 2. The lowest BCUT2D eigenvalue weighted by Crippen LogP contribution is -2.37. The van der Waals surface area contributed by atoms with Crippen molar-refractivity contribution in [2.45, 2.75) is 5.92 Å². The van der Waals surface area contributed by atoms with Gasteiger partial charge in [0.15, 0.2) is 23.0 Å². The van der Waals surface area contributed by atoms with Crippen molar-refractivity contribution in [2.24, 2.45) is 5.10 Å². The van der Waals surface area contributed by atoms with Crippen molar-refractivity contribution in [3.05, 3.63) is 88.5 Å². The van der Waals surface area contributed by atoms with Crippen LogP contribution in [0.1, 0.15) is 33.0 Å². The molecule has 1 aliphatic heterocycles. The fourth-order valence-electron chi connectivity index (χ4n) is 4.67. The Bertz CT molecular complexity index is 1460. The minimum atomic E-state index is -0.755. The fourth-order valence-corrected chi connectivity index (χ4v) is 4.67. The number of Topliss-reactive ketones (excluding diaryl/α,β-unsaturated/α-hetero) is 2. The summed E-state index contributed by atoms with van der Waals surface area (Å²) in [6, 6.07) is 16.5. The number of methoxy groups -OCH3 is 2. The summed E-state index contributed by atoms with van der Waals surface area (Å²) in [5.41, 5.74) is 3.43. The maximum atomic E-state index is 13.6. The number of ketones is 2. The molecule has 0 aromatic heterocycles. The van der Waals surface area contributed by atoms with Crippen LogP contribution in [0.4, 0.5) is 0 Å². The fraction of sp³-hybridized carbons (Fsp3) is 0.148. The number of carbonyl (C=O) groups is 2. The SMILES string of the molecule is COc1cc(C2=NN(C)C3=C(C(=O)C(=O)c4ccccc43)C2c2ccc(O)c(OC)c2)ccc1O. The van der Waals surface area contributed by atoms with Crippen molar-refractivity contribution in [1.29, 1.82) is 0 Å². The molecule has 8 nitrogen and oxygen atoms in total. The van der Waals surface area contributed by atoms with Crippen molar-refractivity contribution < 1.29 is 29.3 Å². The summed E-state index contributed by atoms with van der Waals surface area (Å²) >= 11 is 0. The third-order valence-corrected chi connectivity index (χ3v) is 6.29. The van der Waals surface area contributed by atoms with E-state index in [2.05, 4.69) is 0 Å². The first-order chi connectivity index (χ1) is 16.8. The number of carbonyl (C=O) groups excluding carboxylic acids is 2. The number of phenolic OH excluding ortho intramolecular Hbond substituents is 2. The van der Waals surface area contributed by atoms with E-state index >= 15 is 0 Å². The van der Waals surface area contributed by atoms with Crippen LogP contribution in [0.5, 0.6) is 23.0 Å². The molecule has 5 rings (SSSR count). The van der Waals surface area contributed by atoms with Crippen LogP contribution in [0.3, 0.4) is 0 Å². The highest BCUT2D eigenvalue weighted by atomic mass is 16.5. The molecular weight excluding hydrogens is 448 g/mol. The van der Waals surface area contributed by atoms with E-state index in [0.717, 1.165) is 0 Å². The summed E-state index contributed by atoms with van der Waals surface area (Å²) < 4.78 is 10.6. The summed E-state index contributed by atoms with van der Waals surface area (Å²) in [5, 5.41) is 26.7. The van der Waals surface area contributed by atoms with Crippen molar-refractivity contribution in [1.82, 2.24) is 5.01 Å². The van der Waals surface area contributed by atoms with Crippen LogP contribution < -0.4 is 9.47 Å². The Hall–Kier alpha value is -4.59. The van der Waals surface area contributed by atoms with Gasteiger partial charge in [-0.1, -0.05) is 30.3 Å². The molecule has 0 bridgehead atoms. The highest BCUT2D eigenvalue weighted by Gasteiger charge is 2.43. The second-order valence-corrected chi connectivity index (χ2v) is 8.23. The minimum absolute atomic E-state index is 0.0402. The molecule has 1 heterocycles. The van der Waals surface area contributed by atoms with Crippen molar-refractivity contribution in [3.63, 3.8) is 0 Å². The molecule has 3 aromatic carbocycles.